The second kappa shape index (κ2) is 10.8. The Bertz CT molecular complexity index is 954. The molecule has 1 unspecified atom stereocenters. The van der Waals surface area contributed by atoms with Gasteiger partial charge >= 0.3 is 0 Å². The van der Waals surface area contributed by atoms with Crippen LogP contribution in [-0.2, 0) is 13.1 Å². The zero-order valence-corrected chi connectivity index (χ0v) is 17.4. The van der Waals surface area contributed by atoms with Crippen LogP contribution >= 0.6 is 0 Å². The molecule has 1 N–H and O–H groups in total. The molecule has 0 amide bonds. The average molecular weight is 409 g/mol. The number of nitrogens with zero attached hydrogens (tertiary/aromatic N) is 2. The van der Waals surface area contributed by atoms with Gasteiger partial charge in [0.25, 0.3) is 0 Å². The lowest BCUT2D eigenvalue weighted by atomic mass is 10.2. The summed E-state index contributed by atoms with van der Waals surface area (Å²) < 4.78 is 21.4. The van der Waals surface area contributed by atoms with Crippen molar-refractivity contribution < 1.29 is 14.2 Å². The maximum absolute atomic E-state index is 13.5. The van der Waals surface area contributed by atoms with Gasteiger partial charge in [0.1, 0.15) is 24.3 Å². The number of para-hydroxylation sites is 1. The van der Waals surface area contributed by atoms with Gasteiger partial charge in [-0.25, -0.2) is 4.39 Å². The molecule has 0 aliphatic carbocycles. The van der Waals surface area contributed by atoms with E-state index in [2.05, 4.69) is 16.0 Å². The highest BCUT2D eigenvalue weighted by molar-refractivity contribution is 5.31. The van der Waals surface area contributed by atoms with Gasteiger partial charge < -0.3 is 14.4 Å². The van der Waals surface area contributed by atoms with Gasteiger partial charge in [0.05, 0.1) is 0 Å². The SMILES string of the molecule is C=CCN(Cc1cccn1Cc1cccc(F)c1)CC(O)COc1ccccc1C. The highest BCUT2D eigenvalue weighted by Gasteiger charge is 2.14. The van der Waals surface area contributed by atoms with Crippen LogP contribution in [0.15, 0.2) is 79.5 Å². The van der Waals surface area contributed by atoms with Gasteiger partial charge in [0.15, 0.2) is 0 Å². The lowest BCUT2D eigenvalue weighted by molar-refractivity contribution is 0.0687. The third kappa shape index (κ3) is 6.31. The standard InChI is InChI=1S/C25H29FN2O2/c1-3-13-27(18-24(29)19-30-25-12-5-4-8-20(25)2)17-23-11-7-14-28(23)16-21-9-6-10-22(26)15-21/h3-12,14-15,24,29H,1,13,16-19H2,2H3. The Balaban J connectivity index is 1.59. The Morgan fingerprint density at radius 1 is 1.17 bits per heavy atom. The first-order valence-electron chi connectivity index (χ1n) is 10.1. The van der Waals surface area contributed by atoms with Gasteiger partial charge in [-0.05, 0) is 48.4 Å². The van der Waals surface area contributed by atoms with E-state index >= 15 is 0 Å². The van der Waals surface area contributed by atoms with E-state index in [1.54, 1.807) is 12.1 Å². The normalized spacial score (nSPS) is 12.1. The minimum Gasteiger partial charge on any atom is -0.491 e. The van der Waals surface area contributed by atoms with Gasteiger partial charge in [0.2, 0.25) is 0 Å². The molecule has 0 aliphatic rings. The highest BCUT2D eigenvalue weighted by Crippen LogP contribution is 2.17. The smallest absolute Gasteiger partial charge is 0.123 e. The molecule has 0 bridgehead atoms. The Kier molecular flexibility index (Phi) is 7.82. The summed E-state index contributed by atoms with van der Waals surface area (Å²) in [4.78, 5) is 2.12. The first kappa shape index (κ1) is 21.8. The van der Waals surface area contributed by atoms with Gasteiger partial charge in [-0.2, -0.15) is 0 Å². The second-order valence-corrected chi connectivity index (χ2v) is 7.47. The third-order valence-electron chi connectivity index (χ3n) is 4.93. The van der Waals surface area contributed by atoms with E-state index < -0.39 is 6.10 Å². The second-order valence-electron chi connectivity index (χ2n) is 7.47. The number of aliphatic hydroxyl groups excluding tert-OH is 1. The molecule has 2 aromatic carbocycles. The van der Waals surface area contributed by atoms with Crippen LogP contribution in [0.4, 0.5) is 4.39 Å². The van der Waals surface area contributed by atoms with Crippen molar-refractivity contribution >= 4 is 0 Å². The van der Waals surface area contributed by atoms with Crippen molar-refractivity contribution in [2.45, 2.75) is 26.1 Å². The molecule has 5 heteroatoms. The average Bonchev–Trinajstić information content (AvgIpc) is 3.14. The van der Waals surface area contributed by atoms with E-state index in [1.165, 1.54) is 6.07 Å². The molecule has 30 heavy (non-hydrogen) atoms. The Labute approximate surface area is 177 Å². The van der Waals surface area contributed by atoms with Crippen LogP contribution in [0, 0.1) is 12.7 Å². The molecule has 0 saturated heterocycles. The van der Waals surface area contributed by atoms with Crippen LogP contribution in [0.5, 0.6) is 5.75 Å². The summed E-state index contributed by atoms with van der Waals surface area (Å²) in [5.41, 5.74) is 3.05. The lowest BCUT2D eigenvalue weighted by Crippen LogP contribution is -2.36. The van der Waals surface area contributed by atoms with Crippen molar-refractivity contribution in [2.75, 3.05) is 19.7 Å². The van der Waals surface area contributed by atoms with Crippen LogP contribution in [0.2, 0.25) is 0 Å². The molecule has 4 nitrogen and oxygen atoms in total. The summed E-state index contributed by atoms with van der Waals surface area (Å²) in [6, 6.07) is 18.5. The fraction of sp³-hybridized carbons (Fsp3) is 0.280. The summed E-state index contributed by atoms with van der Waals surface area (Å²) in [6.07, 6.45) is 3.19. The summed E-state index contributed by atoms with van der Waals surface area (Å²) in [6.45, 7) is 8.40. The molecular weight excluding hydrogens is 379 g/mol. The number of aryl methyl sites for hydroxylation is 1. The molecular formula is C25H29FN2O2. The van der Waals surface area contributed by atoms with E-state index in [1.807, 2.05) is 61.7 Å². The molecule has 1 atom stereocenters. The van der Waals surface area contributed by atoms with Crippen molar-refractivity contribution in [1.82, 2.24) is 9.47 Å². The van der Waals surface area contributed by atoms with Gasteiger partial charge in [-0.1, -0.05) is 36.4 Å². The number of hydrogen-bond acceptors (Lipinski definition) is 3. The van der Waals surface area contributed by atoms with E-state index in [-0.39, 0.29) is 12.4 Å². The molecule has 3 rings (SSSR count). The molecule has 0 radical (unpaired) electrons. The number of halogens is 1. The molecule has 0 spiro atoms. The zero-order valence-electron chi connectivity index (χ0n) is 17.4. The number of hydrogen-bond donors (Lipinski definition) is 1. The van der Waals surface area contributed by atoms with E-state index in [0.29, 0.717) is 26.2 Å². The number of aliphatic hydroxyl groups is 1. The number of ether oxygens (including phenoxy) is 1. The minimum atomic E-state index is -0.629. The highest BCUT2D eigenvalue weighted by atomic mass is 19.1. The Morgan fingerprint density at radius 3 is 2.77 bits per heavy atom. The molecule has 0 saturated carbocycles. The van der Waals surface area contributed by atoms with Gasteiger partial charge in [-0.15, -0.1) is 6.58 Å². The third-order valence-corrected chi connectivity index (χ3v) is 4.93. The molecule has 158 valence electrons. The summed E-state index contributed by atoms with van der Waals surface area (Å²) in [5.74, 6) is 0.557. The van der Waals surface area contributed by atoms with Crippen molar-refractivity contribution in [3.8, 4) is 5.75 Å². The van der Waals surface area contributed by atoms with E-state index in [0.717, 1.165) is 22.6 Å². The van der Waals surface area contributed by atoms with Crippen molar-refractivity contribution in [3.05, 3.63) is 102 Å². The molecule has 3 aromatic rings. The summed E-state index contributed by atoms with van der Waals surface area (Å²) >= 11 is 0. The first-order valence-corrected chi connectivity index (χ1v) is 10.1. The summed E-state index contributed by atoms with van der Waals surface area (Å²) in [7, 11) is 0. The van der Waals surface area contributed by atoms with Gasteiger partial charge in [-0.3, -0.25) is 4.90 Å². The minimum absolute atomic E-state index is 0.225. The first-order chi connectivity index (χ1) is 14.5. The Hall–Kier alpha value is -2.89. The van der Waals surface area contributed by atoms with Crippen LogP contribution in [0.25, 0.3) is 0 Å². The quantitative estimate of drug-likeness (QED) is 0.478. The van der Waals surface area contributed by atoms with E-state index in [4.69, 9.17) is 4.74 Å². The predicted octanol–water partition coefficient (Wildman–Crippen LogP) is 4.41. The predicted molar refractivity (Wildman–Crippen MR) is 118 cm³/mol. The molecule has 1 heterocycles. The van der Waals surface area contributed by atoms with Crippen molar-refractivity contribution in [3.63, 3.8) is 0 Å². The molecule has 0 fully saturated rings. The van der Waals surface area contributed by atoms with Crippen LogP contribution in [-0.4, -0.2) is 40.4 Å². The lowest BCUT2D eigenvalue weighted by Gasteiger charge is -2.25. The maximum Gasteiger partial charge on any atom is 0.123 e. The maximum atomic E-state index is 13.5. The fourth-order valence-corrected chi connectivity index (χ4v) is 3.45. The van der Waals surface area contributed by atoms with Crippen LogP contribution in [0.1, 0.15) is 16.8 Å². The topological polar surface area (TPSA) is 37.6 Å². The largest absolute Gasteiger partial charge is 0.491 e. The summed E-state index contributed by atoms with van der Waals surface area (Å²) in [5, 5.41) is 10.5. The van der Waals surface area contributed by atoms with Crippen LogP contribution in [0.3, 0.4) is 0 Å². The number of benzene rings is 2. The zero-order chi connectivity index (χ0) is 21.3. The van der Waals surface area contributed by atoms with Crippen LogP contribution < -0.4 is 4.74 Å². The molecule has 1 aromatic heterocycles. The number of rotatable bonds is 11. The number of aromatic nitrogens is 1. The molecule has 0 aliphatic heterocycles. The van der Waals surface area contributed by atoms with Crippen molar-refractivity contribution in [2.24, 2.45) is 0 Å². The Morgan fingerprint density at radius 2 is 2.00 bits per heavy atom. The van der Waals surface area contributed by atoms with E-state index in [9.17, 15) is 9.50 Å². The fourth-order valence-electron chi connectivity index (χ4n) is 3.45. The monoisotopic (exact) mass is 408 g/mol. The van der Waals surface area contributed by atoms with Gasteiger partial charge in [0, 0.05) is 38.1 Å². The van der Waals surface area contributed by atoms with Crippen molar-refractivity contribution in [1.29, 1.82) is 0 Å².